The normalized spacial score (nSPS) is 13.5. The van der Waals surface area contributed by atoms with Crippen molar-refractivity contribution in [3.8, 4) is 0 Å². The first-order valence-electron chi connectivity index (χ1n) is 5.14. The van der Waals surface area contributed by atoms with Gasteiger partial charge in [0.15, 0.2) is 0 Å². The van der Waals surface area contributed by atoms with E-state index in [1.807, 2.05) is 0 Å². The molecule has 0 rings (SSSR count). The highest BCUT2D eigenvalue weighted by Crippen LogP contribution is 2.17. The van der Waals surface area contributed by atoms with E-state index in [0.29, 0.717) is 0 Å². The molecule has 0 fully saturated rings. The zero-order chi connectivity index (χ0) is 13.6. The Morgan fingerprint density at radius 3 is 2.24 bits per heavy atom. The van der Waals surface area contributed by atoms with Gasteiger partial charge in [-0.1, -0.05) is 26.5 Å². The first-order chi connectivity index (χ1) is 7.81. The Morgan fingerprint density at radius 2 is 1.94 bits per heavy atom. The van der Waals surface area contributed by atoms with Gasteiger partial charge in [-0.25, -0.2) is 8.42 Å². The van der Waals surface area contributed by atoms with Crippen molar-refractivity contribution in [1.82, 2.24) is 4.31 Å². The van der Waals surface area contributed by atoms with Crippen LogP contribution >= 0.6 is 0 Å². The highest BCUT2D eigenvalue weighted by atomic mass is 32.2. The summed E-state index contributed by atoms with van der Waals surface area (Å²) in [6.45, 7) is 10.3. The van der Waals surface area contributed by atoms with Crippen LogP contribution in [-0.4, -0.2) is 38.4 Å². The number of methoxy groups -OCH3 is 1. The van der Waals surface area contributed by atoms with Crippen molar-refractivity contribution in [1.29, 1.82) is 0 Å². The molecule has 0 aromatic heterocycles. The van der Waals surface area contributed by atoms with Gasteiger partial charge < -0.3 is 4.74 Å². The van der Waals surface area contributed by atoms with Gasteiger partial charge in [0.25, 0.3) is 0 Å². The zero-order valence-corrected chi connectivity index (χ0v) is 11.2. The minimum atomic E-state index is -3.70. The van der Waals surface area contributed by atoms with E-state index in [1.165, 1.54) is 13.2 Å². The fourth-order valence-electron chi connectivity index (χ4n) is 1.44. The fraction of sp³-hybridized carbons (Fsp3) is 0.545. The number of esters is 1. The van der Waals surface area contributed by atoms with Crippen molar-refractivity contribution in [3.05, 3.63) is 24.6 Å². The molecule has 5 nitrogen and oxygen atoms in total. The molecule has 0 N–H and O–H groups in total. The summed E-state index contributed by atoms with van der Waals surface area (Å²) < 4.78 is 29.3. The lowest BCUT2D eigenvalue weighted by molar-refractivity contribution is -0.146. The summed E-state index contributed by atoms with van der Waals surface area (Å²) in [6, 6.07) is -0.874. The highest BCUT2D eigenvalue weighted by Gasteiger charge is 2.35. The van der Waals surface area contributed by atoms with E-state index in [2.05, 4.69) is 17.9 Å². The van der Waals surface area contributed by atoms with Gasteiger partial charge in [-0.3, -0.25) is 4.79 Å². The molecular formula is C11H19NO4S. The first-order valence-corrected chi connectivity index (χ1v) is 6.65. The van der Waals surface area contributed by atoms with Gasteiger partial charge in [-0.2, -0.15) is 4.31 Å². The average Bonchev–Trinajstić information content (AvgIpc) is 2.27. The first kappa shape index (κ1) is 15.9. The third kappa shape index (κ3) is 3.98. The predicted octanol–water partition coefficient (Wildman–Crippen LogP) is 1.15. The Balaban J connectivity index is 5.46. The molecule has 0 aliphatic heterocycles. The fourth-order valence-corrected chi connectivity index (χ4v) is 2.59. The molecule has 0 radical (unpaired) electrons. The number of nitrogens with zero attached hydrogens (tertiary/aromatic N) is 1. The molecule has 0 saturated carbocycles. The molecule has 6 heteroatoms. The number of hydrogen-bond donors (Lipinski definition) is 0. The lowest BCUT2D eigenvalue weighted by Gasteiger charge is -2.29. The molecular weight excluding hydrogens is 242 g/mol. The van der Waals surface area contributed by atoms with Crippen LogP contribution in [0.5, 0.6) is 0 Å². The third-order valence-corrected chi connectivity index (χ3v) is 3.68. The molecule has 0 amide bonds. The van der Waals surface area contributed by atoms with Crippen molar-refractivity contribution in [3.63, 3.8) is 0 Å². The average molecular weight is 261 g/mol. The van der Waals surface area contributed by atoms with E-state index >= 15 is 0 Å². The van der Waals surface area contributed by atoms with Gasteiger partial charge in [0, 0.05) is 12.0 Å². The lowest BCUT2D eigenvalue weighted by atomic mass is 10.0. The third-order valence-electron chi connectivity index (χ3n) is 2.23. The van der Waals surface area contributed by atoms with E-state index in [9.17, 15) is 13.2 Å². The van der Waals surface area contributed by atoms with Gasteiger partial charge in [-0.05, 0) is 5.92 Å². The predicted molar refractivity (Wildman–Crippen MR) is 66.7 cm³/mol. The zero-order valence-electron chi connectivity index (χ0n) is 10.4. The Labute approximate surface area is 103 Å². The van der Waals surface area contributed by atoms with Crippen LogP contribution in [0, 0.1) is 5.92 Å². The van der Waals surface area contributed by atoms with Crippen LogP contribution in [0.3, 0.4) is 0 Å². The maximum Gasteiger partial charge on any atom is 0.324 e. The summed E-state index contributed by atoms with van der Waals surface area (Å²) >= 11 is 0. The number of hydrogen-bond acceptors (Lipinski definition) is 4. The Hall–Kier alpha value is -1.14. The van der Waals surface area contributed by atoms with Crippen molar-refractivity contribution in [2.75, 3.05) is 13.7 Å². The van der Waals surface area contributed by atoms with E-state index < -0.39 is 22.0 Å². The summed E-state index contributed by atoms with van der Waals surface area (Å²) in [7, 11) is -2.47. The van der Waals surface area contributed by atoms with E-state index in [0.717, 1.165) is 9.71 Å². The van der Waals surface area contributed by atoms with Crippen molar-refractivity contribution >= 4 is 16.0 Å². The monoisotopic (exact) mass is 261 g/mol. The van der Waals surface area contributed by atoms with Gasteiger partial charge in [-0.15, -0.1) is 6.58 Å². The van der Waals surface area contributed by atoms with Gasteiger partial charge in [0.1, 0.15) is 6.04 Å². The largest absolute Gasteiger partial charge is 0.468 e. The molecule has 0 bridgehead atoms. The van der Waals surface area contributed by atoms with Crippen molar-refractivity contribution in [2.45, 2.75) is 19.9 Å². The molecule has 17 heavy (non-hydrogen) atoms. The SMILES string of the molecule is C=CCN(C(C(=O)OC)C(C)C)S(=O)(=O)C=C. The van der Waals surface area contributed by atoms with Crippen LogP contribution in [0.1, 0.15) is 13.8 Å². The molecule has 1 unspecified atom stereocenters. The van der Waals surface area contributed by atoms with Crippen LogP contribution in [0.15, 0.2) is 24.6 Å². The van der Waals surface area contributed by atoms with Crippen LogP contribution in [0.4, 0.5) is 0 Å². The Kier molecular flexibility index (Phi) is 6.12. The number of ether oxygens (including phenoxy) is 1. The Bertz CT molecular complexity index is 386. The number of rotatable bonds is 7. The maximum atomic E-state index is 11.8. The molecule has 0 heterocycles. The van der Waals surface area contributed by atoms with Crippen LogP contribution < -0.4 is 0 Å². The van der Waals surface area contributed by atoms with Crippen LogP contribution in [0.2, 0.25) is 0 Å². The smallest absolute Gasteiger partial charge is 0.324 e. The molecule has 0 aliphatic carbocycles. The van der Waals surface area contributed by atoms with Crippen molar-refractivity contribution in [2.24, 2.45) is 5.92 Å². The van der Waals surface area contributed by atoms with E-state index in [-0.39, 0.29) is 12.5 Å². The summed E-state index contributed by atoms with van der Waals surface area (Å²) in [5, 5.41) is 0.814. The quantitative estimate of drug-likeness (QED) is 0.509. The second-order valence-corrected chi connectivity index (χ2v) is 5.61. The van der Waals surface area contributed by atoms with Crippen LogP contribution in [0.25, 0.3) is 0 Å². The molecule has 98 valence electrons. The standard InChI is InChI=1S/C11H19NO4S/c1-6-8-12(17(14,15)7-2)10(9(3)4)11(13)16-5/h6-7,9-10H,1-2,8H2,3-5H3. The summed E-state index contributed by atoms with van der Waals surface area (Å²) in [4.78, 5) is 11.6. The summed E-state index contributed by atoms with van der Waals surface area (Å²) in [6.07, 6.45) is 1.42. The number of carbonyl (C=O) groups excluding carboxylic acids is 1. The van der Waals surface area contributed by atoms with Gasteiger partial charge in [0.05, 0.1) is 7.11 Å². The molecule has 0 spiro atoms. The number of carbonyl (C=O) groups is 1. The number of sulfonamides is 1. The molecule has 0 aromatic rings. The second kappa shape index (κ2) is 6.56. The second-order valence-electron chi connectivity index (χ2n) is 3.78. The Morgan fingerprint density at radius 1 is 1.41 bits per heavy atom. The summed E-state index contributed by atoms with van der Waals surface area (Å²) in [5.41, 5.74) is 0. The lowest BCUT2D eigenvalue weighted by Crippen LogP contribution is -2.47. The summed E-state index contributed by atoms with van der Waals surface area (Å²) in [5.74, 6) is -0.801. The molecule has 0 saturated heterocycles. The molecule has 0 aromatic carbocycles. The van der Waals surface area contributed by atoms with Gasteiger partial charge >= 0.3 is 5.97 Å². The van der Waals surface area contributed by atoms with E-state index in [1.54, 1.807) is 13.8 Å². The van der Waals surface area contributed by atoms with E-state index in [4.69, 9.17) is 0 Å². The van der Waals surface area contributed by atoms with Crippen LogP contribution in [-0.2, 0) is 19.6 Å². The topological polar surface area (TPSA) is 63.7 Å². The highest BCUT2D eigenvalue weighted by molar-refractivity contribution is 7.92. The maximum absolute atomic E-state index is 11.8. The minimum Gasteiger partial charge on any atom is -0.468 e. The minimum absolute atomic E-state index is 0.0340. The molecule has 0 aliphatic rings. The van der Waals surface area contributed by atoms with Gasteiger partial charge in [0.2, 0.25) is 10.0 Å². The molecule has 1 atom stereocenters. The van der Waals surface area contributed by atoms with Crippen molar-refractivity contribution < 1.29 is 17.9 Å².